The van der Waals surface area contributed by atoms with Crippen LogP contribution < -0.4 is 15.8 Å². The highest BCUT2D eigenvalue weighted by Crippen LogP contribution is 2.25. The van der Waals surface area contributed by atoms with Crippen LogP contribution in [-0.4, -0.2) is 48.5 Å². The Morgan fingerprint density at radius 2 is 2.24 bits per heavy atom. The third kappa shape index (κ3) is 4.04. The molecule has 0 aliphatic rings. The summed E-state index contributed by atoms with van der Waals surface area (Å²) < 4.78 is 9.90. The minimum absolute atomic E-state index is 0.280. The fourth-order valence-corrected chi connectivity index (χ4v) is 1.35. The fourth-order valence-electron chi connectivity index (χ4n) is 1.35. The molecule has 1 atom stereocenters. The Hall–Kier alpha value is -1.60. The van der Waals surface area contributed by atoms with E-state index in [2.05, 4.69) is 15.3 Å². The number of ether oxygens (including phenoxy) is 2. The van der Waals surface area contributed by atoms with Gasteiger partial charge in [-0.05, 0) is 6.42 Å². The maximum atomic E-state index is 9.45. The summed E-state index contributed by atoms with van der Waals surface area (Å²) in [6.07, 6.45) is 1.39. The van der Waals surface area contributed by atoms with Crippen LogP contribution in [-0.2, 0) is 4.74 Å². The van der Waals surface area contributed by atoms with Crippen LogP contribution in [0.3, 0.4) is 0 Å². The molecule has 1 aromatic rings. The first kappa shape index (κ1) is 13.5. The molecule has 1 heterocycles. The van der Waals surface area contributed by atoms with Crippen molar-refractivity contribution in [3.8, 4) is 5.75 Å². The van der Waals surface area contributed by atoms with Gasteiger partial charge in [-0.2, -0.15) is 0 Å². The number of hydrogen-bond acceptors (Lipinski definition) is 7. The van der Waals surface area contributed by atoms with Crippen LogP contribution >= 0.6 is 0 Å². The van der Waals surface area contributed by atoms with Gasteiger partial charge in [0.25, 0.3) is 0 Å². The van der Waals surface area contributed by atoms with Crippen LogP contribution in [0.4, 0.5) is 11.6 Å². The second-order valence-corrected chi connectivity index (χ2v) is 3.47. The highest BCUT2D eigenvalue weighted by molar-refractivity contribution is 5.61. The third-order valence-electron chi connectivity index (χ3n) is 2.16. The minimum Gasteiger partial charge on any atom is -0.490 e. The molecule has 17 heavy (non-hydrogen) atoms. The van der Waals surface area contributed by atoms with Gasteiger partial charge in [0.05, 0.1) is 19.8 Å². The van der Waals surface area contributed by atoms with E-state index in [0.29, 0.717) is 31.1 Å². The number of aliphatic hydroxyl groups is 1. The molecular formula is C10H18N4O3. The lowest BCUT2D eigenvalue weighted by atomic mass is 10.2. The zero-order chi connectivity index (χ0) is 12.7. The van der Waals surface area contributed by atoms with Crippen LogP contribution in [0, 0.1) is 0 Å². The lowest BCUT2D eigenvalue weighted by molar-refractivity contribution is 0.0615. The zero-order valence-electron chi connectivity index (χ0n) is 10.0. The number of methoxy groups -OCH3 is 2. The topological polar surface area (TPSA) is 103 Å². The average molecular weight is 242 g/mol. The van der Waals surface area contributed by atoms with Crippen molar-refractivity contribution in [2.45, 2.75) is 12.5 Å². The first-order chi connectivity index (χ1) is 8.19. The molecule has 1 rings (SSSR count). The molecule has 0 bridgehead atoms. The number of nitrogens with two attached hydrogens (primary N) is 1. The van der Waals surface area contributed by atoms with Crippen molar-refractivity contribution in [3.05, 3.63) is 6.33 Å². The van der Waals surface area contributed by atoms with E-state index in [1.807, 2.05) is 0 Å². The van der Waals surface area contributed by atoms with Gasteiger partial charge in [-0.3, -0.25) is 0 Å². The quantitative estimate of drug-likeness (QED) is 0.612. The van der Waals surface area contributed by atoms with Crippen molar-refractivity contribution in [1.29, 1.82) is 0 Å². The molecule has 7 nitrogen and oxygen atoms in total. The molecule has 0 saturated carbocycles. The Morgan fingerprint density at radius 1 is 1.47 bits per heavy atom. The Balaban J connectivity index is 2.49. The standard InChI is InChI=1S/C10H18N4O3/c1-16-5-7(15)3-4-12-10-8(17-2)9(11)13-6-14-10/h6-7,15H,3-5H2,1-2H3,(H3,11,12,13,14). The predicted molar refractivity (Wildman–Crippen MR) is 64.0 cm³/mol. The van der Waals surface area contributed by atoms with Crippen molar-refractivity contribution in [1.82, 2.24) is 9.97 Å². The lowest BCUT2D eigenvalue weighted by Crippen LogP contribution is -2.19. The Morgan fingerprint density at radius 3 is 2.88 bits per heavy atom. The van der Waals surface area contributed by atoms with E-state index in [9.17, 15) is 5.11 Å². The molecule has 0 fully saturated rings. The van der Waals surface area contributed by atoms with Gasteiger partial charge in [0, 0.05) is 13.7 Å². The van der Waals surface area contributed by atoms with Gasteiger partial charge in [0.15, 0.2) is 11.6 Å². The molecule has 1 aromatic heterocycles. The van der Waals surface area contributed by atoms with E-state index >= 15 is 0 Å². The summed E-state index contributed by atoms with van der Waals surface area (Å²) in [4.78, 5) is 7.83. The minimum atomic E-state index is -0.502. The molecule has 4 N–H and O–H groups in total. The largest absolute Gasteiger partial charge is 0.490 e. The Kier molecular flexibility index (Phi) is 5.44. The van der Waals surface area contributed by atoms with Gasteiger partial charge < -0.3 is 25.6 Å². The second-order valence-electron chi connectivity index (χ2n) is 3.47. The average Bonchev–Trinajstić information content (AvgIpc) is 2.29. The number of aliphatic hydroxyl groups excluding tert-OH is 1. The number of anilines is 2. The van der Waals surface area contributed by atoms with Crippen molar-refractivity contribution in [2.75, 3.05) is 38.4 Å². The lowest BCUT2D eigenvalue weighted by Gasteiger charge is -2.13. The molecule has 0 amide bonds. The van der Waals surface area contributed by atoms with Gasteiger partial charge in [-0.1, -0.05) is 0 Å². The van der Waals surface area contributed by atoms with Crippen molar-refractivity contribution in [2.24, 2.45) is 0 Å². The van der Waals surface area contributed by atoms with Gasteiger partial charge in [-0.15, -0.1) is 0 Å². The maximum Gasteiger partial charge on any atom is 0.203 e. The van der Waals surface area contributed by atoms with Crippen LogP contribution in [0.2, 0.25) is 0 Å². The molecule has 96 valence electrons. The number of hydrogen-bond donors (Lipinski definition) is 3. The van der Waals surface area contributed by atoms with Crippen LogP contribution in [0.5, 0.6) is 5.75 Å². The summed E-state index contributed by atoms with van der Waals surface area (Å²) in [5, 5.41) is 12.5. The van der Waals surface area contributed by atoms with E-state index in [4.69, 9.17) is 15.2 Å². The van der Waals surface area contributed by atoms with Crippen LogP contribution in [0.1, 0.15) is 6.42 Å². The van der Waals surface area contributed by atoms with E-state index in [1.165, 1.54) is 13.4 Å². The summed E-state index contributed by atoms with van der Waals surface area (Å²) in [6, 6.07) is 0. The van der Waals surface area contributed by atoms with Gasteiger partial charge in [0.2, 0.25) is 5.75 Å². The molecule has 0 aliphatic heterocycles. The van der Waals surface area contributed by atoms with Gasteiger partial charge in [-0.25, -0.2) is 9.97 Å². The predicted octanol–water partition coefficient (Wildman–Crippen LogP) is -0.123. The van der Waals surface area contributed by atoms with Crippen LogP contribution in [0.25, 0.3) is 0 Å². The van der Waals surface area contributed by atoms with E-state index in [-0.39, 0.29) is 5.82 Å². The molecular weight excluding hydrogens is 224 g/mol. The van der Waals surface area contributed by atoms with Gasteiger partial charge >= 0.3 is 0 Å². The monoisotopic (exact) mass is 242 g/mol. The van der Waals surface area contributed by atoms with Gasteiger partial charge in [0.1, 0.15) is 6.33 Å². The smallest absolute Gasteiger partial charge is 0.203 e. The molecule has 0 aliphatic carbocycles. The van der Waals surface area contributed by atoms with E-state index < -0.39 is 6.10 Å². The fraction of sp³-hybridized carbons (Fsp3) is 0.600. The highest BCUT2D eigenvalue weighted by Gasteiger charge is 2.09. The molecule has 0 aromatic carbocycles. The number of nitrogens with zero attached hydrogens (tertiary/aromatic N) is 2. The van der Waals surface area contributed by atoms with E-state index in [1.54, 1.807) is 7.11 Å². The number of aromatic nitrogens is 2. The first-order valence-corrected chi connectivity index (χ1v) is 5.24. The second kappa shape index (κ2) is 6.87. The van der Waals surface area contributed by atoms with Crippen molar-refractivity contribution in [3.63, 3.8) is 0 Å². The number of rotatable bonds is 7. The molecule has 0 saturated heterocycles. The number of nitrogens with one attached hydrogen (secondary N) is 1. The maximum absolute atomic E-state index is 9.45. The molecule has 0 spiro atoms. The SMILES string of the molecule is COCC(O)CCNc1ncnc(N)c1OC. The summed E-state index contributed by atoms with van der Waals surface area (Å²) in [5.41, 5.74) is 5.63. The van der Waals surface area contributed by atoms with E-state index in [0.717, 1.165) is 0 Å². The Bertz CT molecular complexity index is 348. The van der Waals surface area contributed by atoms with Crippen molar-refractivity contribution >= 4 is 11.6 Å². The number of nitrogen functional groups attached to an aromatic ring is 1. The normalized spacial score (nSPS) is 12.2. The summed E-state index contributed by atoms with van der Waals surface area (Å²) >= 11 is 0. The summed E-state index contributed by atoms with van der Waals surface area (Å²) in [5.74, 6) is 1.21. The highest BCUT2D eigenvalue weighted by atomic mass is 16.5. The van der Waals surface area contributed by atoms with Crippen molar-refractivity contribution < 1.29 is 14.6 Å². The van der Waals surface area contributed by atoms with Crippen LogP contribution in [0.15, 0.2) is 6.33 Å². The summed E-state index contributed by atoms with van der Waals surface area (Å²) in [7, 11) is 3.05. The summed E-state index contributed by atoms with van der Waals surface area (Å²) in [6.45, 7) is 0.849. The first-order valence-electron chi connectivity index (χ1n) is 5.24. The molecule has 1 unspecified atom stereocenters. The third-order valence-corrected chi connectivity index (χ3v) is 2.16. The molecule has 0 radical (unpaired) electrons. The molecule has 7 heteroatoms. The Labute approximate surface area is 100.0 Å². The zero-order valence-corrected chi connectivity index (χ0v) is 10.0.